The van der Waals surface area contributed by atoms with Gasteiger partial charge >= 0.3 is 0 Å². The largest absolute Gasteiger partial charge is 0.469 e. The third kappa shape index (κ3) is 5.03. The summed E-state index contributed by atoms with van der Waals surface area (Å²) in [5.41, 5.74) is 1.17. The molecular weight excluding hydrogens is 389 g/mol. The van der Waals surface area contributed by atoms with E-state index < -0.39 is 0 Å². The Kier molecular flexibility index (Phi) is 7.30. The van der Waals surface area contributed by atoms with Gasteiger partial charge in [0.25, 0.3) is 11.8 Å². The summed E-state index contributed by atoms with van der Waals surface area (Å²) in [5, 5.41) is 9.61. The highest BCUT2D eigenvalue weighted by Crippen LogP contribution is 2.23. The summed E-state index contributed by atoms with van der Waals surface area (Å²) in [4.78, 5) is 25.2. The van der Waals surface area contributed by atoms with Gasteiger partial charge in [-0.25, -0.2) is 0 Å². The van der Waals surface area contributed by atoms with E-state index in [2.05, 4.69) is 22.9 Å². The average molecular weight is 412 g/mol. The number of rotatable bonds is 4. The van der Waals surface area contributed by atoms with Crippen LogP contribution in [0.15, 0.2) is 34.9 Å². The van der Waals surface area contributed by atoms with E-state index in [9.17, 15) is 9.59 Å². The van der Waals surface area contributed by atoms with Gasteiger partial charge in [0.05, 0.1) is 23.1 Å². The minimum absolute atomic E-state index is 0. The first-order valence-corrected chi connectivity index (χ1v) is 9.02. The van der Waals surface area contributed by atoms with Crippen LogP contribution in [0, 0.1) is 6.92 Å². The number of amides is 2. The maximum absolute atomic E-state index is 12.8. The van der Waals surface area contributed by atoms with Crippen molar-refractivity contribution in [1.29, 1.82) is 0 Å². The smallest absolute Gasteiger partial charge is 0.259 e. The lowest BCUT2D eigenvalue weighted by Crippen LogP contribution is -2.52. The van der Waals surface area contributed by atoms with Crippen LogP contribution in [0.5, 0.6) is 0 Å². The number of hydrogen-bond acceptors (Lipinski definition) is 4. The minimum atomic E-state index is -0.347. The second kappa shape index (κ2) is 9.26. The zero-order valence-corrected chi connectivity index (χ0v) is 16.7. The molecule has 1 aliphatic rings. The van der Waals surface area contributed by atoms with Crippen LogP contribution in [0.2, 0.25) is 5.02 Å². The first-order chi connectivity index (χ1) is 12.5. The molecule has 0 aliphatic carbocycles. The molecule has 1 fully saturated rings. The van der Waals surface area contributed by atoms with Crippen molar-refractivity contribution in [3.8, 4) is 0 Å². The van der Waals surface area contributed by atoms with E-state index in [4.69, 9.17) is 16.0 Å². The van der Waals surface area contributed by atoms with Crippen molar-refractivity contribution in [3.05, 3.63) is 52.4 Å². The summed E-state index contributed by atoms with van der Waals surface area (Å²) < 4.78 is 5.16. The normalized spacial score (nSPS) is 19.1. The number of halogens is 2. The molecule has 0 saturated carbocycles. The third-order valence-corrected chi connectivity index (χ3v) is 4.89. The Morgan fingerprint density at radius 2 is 2.00 bits per heavy atom. The van der Waals surface area contributed by atoms with Gasteiger partial charge in [0, 0.05) is 17.1 Å². The zero-order chi connectivity index (χ0) is 18.7. The van der Waals surface area contributed by atoms with Crippen LogP contribution in [0.25, 0.3) is 0 Å². The Bertz CT molecular complexity index is 822. The minimum Gasteiger partial charge on any atom is -0.469 e. The number of nitrogens with one attached hydrogen (secondary N) is 3. The fourth-order valence-electron chi connectivity index (χ4n) is 3.12. The maximum Gasteiger partial charge on any atom is 0.259 e. The fraction of sp³-hybridized carbons (Fsp3) is 0.368. The predicted octanol–water partition coefficient (Wildman–Crippen LogP) is 3.79. The quantitative estimate of drug-likeness (QED) is 0.714. The number of benzene rings is 1. The Morgan fingerprint density at radius 1 is 1.22 bits per heavy atom. The number of aryl methyl sites for hydroxylation is 1. The van der Waals surface area contributed by atoms with Gasteiger partial charge in [0.15, 0.2) is 0 Å². The van der Waals surface area contributed by atoms with Crippen molar-refractivity contribution in [1.82, 2.24) is 10.6 Å². The molecule has 3 rings (SSSR count). The van der Waals surface area contributed by atoms with Crippen LogP contribution in [0.1, 0.15) is 46.2 Å². The molecule has 2 heterocycles. The molecule has 0 radical (unpaired) electrons. The number of hydrogen-bond donors (Lipinski definition) is 3. The van der Waals surface area contributed by atoms with Gasteiger partial charge in [-0.05, 0) is 57.5 Å². The van der Waals surface area contributed by atoms with Crippen LogP contribution < -0.4 is 16.0 Å². The molecule has 8 heteroatoms. The van der Waals surface area contributed by atoms with E-state index >= 15 is 0 Å². The SMILES string of the molecule is Cc1occc1C(=O)Nc1cc(Cl)ccc1C(=O)NC1CCCNC1C.Cl. The van der Waals surface area contributed by atoms with Crippen LogP contribution in [0.3, 0.4) is 0 Å². The van der Waals surface area contributed by atoms with E-state index in [1.54, 1.807) is 31.2 Å². The number of anilines is 1. The molecule has 1 aromatic heterocycles. The second-order valence-corrected chi connectivity index (χ2v) is 6.94. The molecule has 6 nitrogen and oxygen atoms in total. The Hall–Kier alpha value is -2.02. The molecule has 2 unspecified atom stereocenters. The monoisotopic (exact) mass is 411 g/mol. The molecule has 2 atom stereocenters. The van der Waals surface area contributed by atoms with Crippen LogP contribution >= 0.6 is 24.0 Å². The number of carbonyl (C=O) groups excluding carboxylic acids is 2. The average Bonchev–Trinajstić information content (AvgIpc) is 3.03. The van der Waals surface area contributed by atoms with Crippen molar-refractivity contribution < 1.29 is 14.0 Å². The van der Waals surface area contributed by atoms with E-state index in [0.29, 0.717) is 27.6 Å². The highest BCUT2D eigenvalue weighted by molar-refractivity contribution is 6.31. The van der Waals surface area contributed by atoms with Crippen molar-refractivity contribution in [2.24, 2.45) is 0 Å². The molecule has 2 amide bonds. The fourth-order valence-corrected chi connectivity index (χ4v) is 3.29. The van der Waals surface area contributed by atoms with E-state index in [1.165, 1.54) is 6.26 Å². The highest BCUT2D eigenvalue weighted by atomic mass is 35.5. The summed E-state index contributed by atoms with van der Waals surface area (Å²) in [6.07, 6.45) is 3.38. The predicted molar refractivity (Wildman–Crippen MR) is 108 cm³/mol. The van der Waals surface area contributed by atoms with E-state index in [-0.39, 0.29) is 36.3 Å². The number of carbonyl (C=O) groups is 2. The lowest BCUT2D eigenvalue weighted by atomic mass is 9.99. The zero-order valence-electron chi connectivity index (χ0n) is 15.2. The summed E-state index contributed by atoms with van der Waals surface area (Å²) in [6.45, 7) is 4.72. The van der Waals surface area contributed by atoms with E-state index in [0.717, 1.165) is 19.4 Å². The molecular formula is C19H23Cl2N3O3. The molecule has 2 aromatic rings. The highest BCUT2D eigenvalue weighted by Gasteiger charge is 2.24. The molecule has 0 bridgehead atoms. The summed E-state index contributed by atoms with van der Waals surface area (Å²) in [7, 11) is 0. The van der Waals surface area contributed by atoms with Gasteiger partial charge in [-0.1, -0.05) is 11.6 Å². The lowest BCUT2D eigenvalue weighted by molar-refractivity contribution is 0.0920. The van der Waals surface area contributed by atoms with Crippen molar-refractivity contribution >= 4 is 41.5 Å². The first kappa shape index (κ1) is 21.3. The molecule has 0 spiro atoms. The standard InChI is InChI=1S/C19H22ClN3O3.ClH/c1-11-16(4-3-8-21-11)22-19(25)15-6-5-13(20)10-17(15)23-18(24)14-7-9-26-12(14)2;/h5-7,9-11,16,21H,3-4,8H2,1-2H3,(H,22,25)(H,23,24);1H. The van der Waals surface area contributed by atoms with Crippen LogP contribution in [0.4, 0.5) is 5.69 Å². The Labute approximate surface area is 169 Å². The molecule has 27 heavy (non-hydrogen) atoms. The first-order valence-electron chi connectivity index (χ1n) is 8.65. The topological polar surface area (TPSA) is 83.4 Å². The van der Waals surface area contributed by atoms with Gasteiger partial charge in [0.1, 0.15) is 5.76 Å². The van der Waals surface area contributed by atoms with Gasteiger partial charge in [-0.3, -0.25) is 9.59 Å². The van der Waals surface area contributed by atoms with Gasteiger partial charge in [-0.15, -0.1) is 12.4 Å². The summed E-state index contributed by atoms with van der Waals surface area (Å²) in [6, 6.07) is 6.67. The van der Waals surface area contributed by atoms with Crippen LogP contribution in [-0.4, -0.2) is 30.4 Å². The second-order valence-electron chi connectivity index (χ2n) is 6.50. The molecule has 1 aromatic carbocycles. The Balaban J connectivity index is 0.00000261. The Morgan fingerprint density at radius 3 is 2.67 bits per heavy atom. The third-order valence-electron chi connectivity index (χ3n) is 4.66. The van der Waals surface area contributed by atoms with Crippen molar-refractivity contribution in [2.45, 2.75) is 38.8 Å². The molecule has 1 aliphatic heterocycles. The number of furan rings is 1. The van der Waals surface area contributed by atoms with Gasteiger partial charge < -0.3 is 20.4 Å². The lowest BCUT2D eigenvalue weighted by Gasteiger charge is -2.30. The van der Waals surface area contributed by atoms with Gasteiger partial charge in [-0.2, -0.15) is 0 Å². The van der Waals surface area contributed by atoms with Gasteiger partial charge in [0.2, 0.25) is 0 Å². The van der Waals surface area contributed by atoms with Crippen molar-refractivity contribution in [2.75, 3.05) is 11.9 Å². The summed E-state index contributed by atoms with van der Waals surface area (Å²) >= 11 is 6.06. The van der Waals surface area contributed by atoms with Crippen LogP contribution in [-0.2, 0) is 0 Å². The molecule has 3 N–H and O–H groups in total. The van der Waals surface area contributed by atoms with Crippen molar-refractivity contribution in [3.63, 3.8) is 0 Å². The molecule has 146 valence electrons. The maximum atomic E-state index is 12.8. The molecule has 1 saturated heterocycles. The summed E-state index contributed by atoms with van der Waals surface area (Å²) in [5.74, 6) is -0.0701. The number of piperidine rings is 1. The van der Waals surface area contributed by atoms with E-state index in [1.807, 2.05) is 0 Å².